The number of carboxylic acid groups (broad SMARTS) is 1. The molecule has 0 spiro atoms. The van der Waals surface area contributed by atoms with Gasteiger partial charge in [0.2, 0.25) is 0 Å². The Hall–Kier alpha value is -3.39. The topological polar surface area (TPSA) is 98.6 Å². The molecule has 9 heteroatoms. The van der Waals surface area contributed by atoms with Crippen molar-refractivity contribution in [3.8, 4) is 0 Å². The van der Waals surface area contributed by atoms with Crippen molar-refractivity contribution in [2.75, 3.05) is 18.4 Å². The molecule has 5 rings (SSSR count). The predicted molar refractivity (Wildman–Crippen MR) is 141 cm³/mol. The zero-order valence-corrected chi connectivity index (χ0v) is 20.7. The average molecular weight is 523 g/mol. The van der Waals surface area contributed by atoms with E-state index >= 15 is 0 Å². The molecule has 36 heavy (non-hydrogen) atoms. The van der Waals surface area contributed by atoms with Crippen molar-refractivity contribution in [3.63, 3.8) is 0 Å². The first-order chi connectivity index (χ1) is 17.3. The maximum Gasteiger partial charge on any atom is 0.407 e. The summed E-state index contributed by atoms with van der Waals surface area (Å²) in [4.78, 5) is 12.7. The van der Waals surface area contributed by atoms with E-state index in [0.717, 1.165) is 11.1 Å². The van der Waals surface area contributed by atoms with E-state index < -0.39 is 11.7 Å². The molecule has 0 atom stereocenters. The van der Waals surface area contributed by atoms with Gasteiger partial charge in [0.05, 0.1) is 17.4 Å². The Morgan fingerprint density at radius 3 is 2.03 bits per heavy atom. The number of halogens is 2. The number of anilines is 1. The van der Waals surface area contributed by atoms with Gasteiger partial charge in [0, 0.05) is 34.6 Å². The summed E-state index contributed by atoms with van der Waals surface area (Å²) < 4.78 is 0. The third-order valence-electron chi connectivity index (χ3n) is 6.71. The molecule has 1 aromatic heterocycles. The second kappa shape index (κ2) is 9.93. The normalized spacial score (nSPS) is 14.7. The number of aromatic nitrogens is 2. The summed E-state index contributed by atoms with van der Waals surface area (Å²) in [6, 6.07) is 19.9. The van der Waals surface area contributed by atoms with Crippen molar-refractivity contribution in [1.82, 2.24) is 15.1 Å². The molecular weight excluding hydrogens is 499 g/mol. The number of amides is 1. The van der Waals surface area contributed by atoms with Crippen LogP contribution in [0.4, 0.5) is 10.5 Å². The number of nitrogens with zero attached hydrogens (tertiary/aromatic N) is 3. The molecule has 184 valence electrons. The van der Waals surface area contributed by atoms with Crippen LogP contribution in [0.5, 0.6) is 0 Å². The molecule has 0 bridgehead atoms. The van der Waals surface area contributed by atoms with Crippen molar-refractivity contribution in [2.45, 2.75) is 24.5 Å². The standard InChI is InChI=1S/C27H24Cl2N4O3/c28-20-6-1-17(2-7-20)27(36,18-3-8-21(29)9-4-18)19-5-10-24-23(15-19)25(16-30-32-24)31-22-11-13-33(14-12-22)26(34)35/h1-10,15-16,22,36H,11-14H2,(H,31,32)(H,34,35). The molecule has 3 aromatic carbocycles. The fourth-order valence-corrected chi connectivity index (χ4v) is 4.97. The van der Waals surface area contributed by atoms with Crippen LogP contribution in [0.2, 0.25) is 10.0 Å². The van der Waals surface area contributed by atoms with Crippen LogP contribution >= 0.6 is 23.2 Å². The van der Waals surface area contributed by atoms with Crippen LogP contribution in [-0.4, -0.2) is 50.5 Å². The lowest BCUT2D eigenvalue weighted by atomic mass is 9.80. The van der Waals surface area contributed by atoms with Crippen molar-refractivity contribution < 1.29 is 15.0 Å². The summed E-state index contributed by atoms with van der Waals surface area (Å²) in [5.74, 6) is 0. The van der Waals surface area contributed by atoms with Gasteiger partial charge in [0.15, 0.2) is 0 Å². The van der Waals surface area contributed by atoms with Gasteiger partial charge in [-0.2, -0.15) is 10.2 Å². The largest absolute Gasteiger partial charge is 0.465 e. The van der Waals surface area contributed by atoms with E-state index in [1.54, 1.807) is 54.7 Å². The summed E-state index contributed by atoms with van der Waals surface area (Å²) in [7, 11) is 0. The van der Waals surface area contributed by atoms with Crippen LogP contribution in [0.1, 0.15) is 29.5 Å². The van der Waals surface area contributed by atoms with Crippen LogP contribution < -0.4 is 5.32 Å². The minimum Gasteiger partial charge on any atom is -0.465 e. The second-order valence-corrected chi connectivity index (χ2v) is 9.78. The number of benzene rings is 3. The molecule has 2 heterocycles. The number of fused-ring (bicyclic) bond motifs is 1. The molecule has 3 N–H and O–H groups in total. The van der Waals surface area contributed by atoms with Gasteiger partial charge in [0.25, 0.3) is 0 Å². The molecule has 7 nitrogen and oxygen atoms in total. The number of nitrogens with one attached hydrogen (secondary N) is 1. The van der Waals surface area contributed by atoms with Crippen LogP contribution in [0.25, 0.3) is 10.9 Å². The van der Waals surface area contributed by atoms with E-state index in [2.05, 4.69) is 15.5 Å². The Bertz CT molecular complexity index is 1340. The minimum atomic E-state index is -1.48. The highest BCUT2D eigenvalue weighted by atomic mass is 35.5. The molecular formula is C27H24Cl2N4O3. The molecule has 0 aliphatic carbocycles. The summed E-state index contributed by atoms with van der Waals surface area (Å²) in [5, 5.41) is 35.4. The molecule has 1 aliphatic heterocycles. The van der Waals surface area contributed by atoms with Gasteiger partial charge >= 0.3 is 6.09 Å². The maximum atomic E-state index is 12.3. The van der Waals surface area contributed by atoms with E-state index in [4.69, 9.17) is 23.2 Å². The first-order valence-corrected chi connectivity index (χ1v) is 12.3. The second-order valence-electron chi connectivity index (χ2n) is 8.90. The Morgan fingerprint density at radius 1 is 0.917 bits per heavy atom. The minimum absolute atomic E-state index is 0.100. The van der Waals surface area contributed by atoms with E-state index in [9.17, 15) is 15.0 Å². The number of hydrogen-bond donors (Lipinski definition) is 3. The van der Waals surface area contributed by atoms with Gasteiger partial charge < -0.3 is 20.4 Å². The maximum absolute atomic E-state index is 12.3. The molecule has 4 aromatic rings. The predicted octanol–water partition coefficient (Wildman–Crippen LogP) is 5.78. The number of likely N-dealkylation sites (tertiary alicyclic amines) is 1. The Morgan fingerprint density at radius 2 is 1.47 bits per heavy atom. The molecule has 0 unspecified atom stereocenters. The smallest absolute Gasteiger partial charge is 0.407 e. The van der Waals surface area contributed by atoms with Crippen LogP contribution in [0.3, 0.4) is 0 Å². The number of carbonyl (C=O) groups is 1. The lowest BCUT2D eigenvalue weighted by Crippen LogP contribution is -2.41. The highest BCUT2D eigenvalue weighted by molar-refractivity contribution is 6.30. The Balaban J connectivity index is 1.56. The van der Waals surface area contributed by atoms with E-state index in [1.165, 1.54) is 4.90 Å². The average Bonchev–Trinajstić information content (AvgIpc) is 2.89. The highest BCUT2D eigenvalue weighted by Gasteiger charge is 2.34. The Kier molecular flexibility index (Phi) is 6.71. The molecule has 0 radical (unpaired) electrons. The molecule has 1 fully saturated rings. The third kappa shape index (κ3) is 4.69. The summed E-state index contributed by atoms with van der Waals surface area (Å²) in [6.45, 7) is 0.948. The SMILES string of the molecule is O=C(O)N1CCC(Nc2cnnc3ccc(C(O)(c4ccc(Cl)cc4)c4ccc(Cl)cc4)cc23)CC1. The van der Waals surface area contributed by atoms with E-state index in [-0.39, 0.29) is 6.04 Å². The van der Waals surface area contributed by atoms with Gasteiger partial charge in [-0.1, -0.05) is 53.5 Å². The molecule has 1 aliphatic rings. The number of aliphatic hydroxyl groups is 1. The number of hydrogen-bond acceptors (Lipinski definition) is 5. The van der Waals surface area contributed by atoms with Crippen LogP contribution in [-0.2, 0) is 5.60 Å². The number of piperidine rings is 1. The fraction of sp³-hybridized carbons (Fsp3) is 0.222. The van der Waals surface area contributed by atoms with Crippen LogP contribution in [0, 0.1) is 0 Å². The third-order valence-corrected chi connectivity index (χ3v) is 7.21. The Labute approximate surface area is 218 Å². The lowest BCUT2D eigenvalue weighted by molar-refractivity contribution is 0.126. The quantitative estimate of drug-likeness (QED) is 0.287. The van der Waals surface area contributed by atoms with Crippen molar-refractivity contribution in [3.05, 3.63) is 99.7 Å². The first kappa shape index (κ1) is 24.3. The van der Waals surface area contributed by atoms with Gasteiger partial charge in [-0.15, -0.1) is 0 Å². The van der Waals surface area contributed by atoms with Gasteiger partial charge in [-0.05, 0) is 65.9 Å². The summed E-state index contributed by atoms with van der Waals surface area (Å²) >= 11 is 12.3. The van der Waals surface area contributed by atoms with Crippen LogP contribution in [0.15, 0.2) is 72.9 Å². The van der Waals surface area contributed by atoms with Crippen molar-refractivity contribution >= 4 is 45.9 Å². The number of rotatable bonds is 5. The first-order valence-electron chi connectivity index (χ1n) is 11.6. The van der Waals surface area contributed by atoms with Gasteiger partial charge in [0.1, 0.15) is 5.60 Å². The van der Waals surface area contributed by atoms with E-state index in [1.807, 2.05) is 18.2 Å². The molecule has 1 amide bonds. The fourth-order valence-electron chi connectivity index (χ4n) is 4.71. The van der Waals surface area contributed by atoms with Crippen molar-refractivity contribution in [2.24, 2.45) is 0 Å². The lowest BCUT2D eigenvalue weighted by Gasteiger charge is -2.32. The zero-order valence-electron chi connectivity index (χ0n) is 19.2. The molecule has 0 saturated carbocycles. The van der Waals surface area contributed by atoms with E-state index in [0.29, 0.717) is 58.2 Å². The zero-order chi connectivity index (χ0) is 25.3. The van der Waals surface area contributed by atoms with Gasteiger partial charge in [-0.25, -0.2) is 4.79 Å². The molecule has 1 saturated heterocycles. The summed E-state index contributed by atoms with van der Waals surface area (Å²) in [5.41, 5.74) is 1.96. The highest BCUT2D eigenvalue weighted by Crippen LogP contribution is 2.39. The summed E-state index contributed by atoms with van der Waals surface area (Å²) in [6.07, 6.45) is 2.15. The van der Waals surface area contributed by atoms with Crippen molar-refractivity contribution in [1.29, 1.82) is 0 Å². The van der Waals surface area contributed by atoms with Gasteiger partial charge in [-0.3, -0.25) is 0 Å². The monoisotopic (exact) mass is 522 g/mol.